The van der Waals surface area contributed by atoms with Crippen molar-refractivity contribution in [3.05, 3.63) is 69.7 Å². The van der Waals surface area contributed by atoms with Crippen molar-refractivity contribution in [1.82, 2.24) is 14.3 Å². The van der Waals surface area contributed by atoms with E-state index in [0.29, 0.717) is 11.4 Å². The first-order valence-corrected chi connectivity index (χ1v) is 8.41. The third-order valence-corrected chi connectivity index (χ3v) is 4.20. The van der Waals surface area contributed by atoms with Gasteiger partial charge in [0, 0.05) is 29.7 Å². The third-order valence-electron chi connectivity index (χ3n) is 4.20. The standard InChI is InChI=1S/C19H15N7O3/c20-11-13(18-17(12-21)19(22)25(23-18)8-9-27)10-16-2-1-7-24(16)14-3-5-15(6-4-14)26(28)29/h1-7,10,27H,8-9,22H2/b13-10+. The van der Waals surface area contributed by atoms with Gasteiger partial charge in [-0.25, -0.2) is 4.68 Å². The number of nitrogens with two attached hydrogens (primary N) is 1. The predicted octanol–water partition coefficient (Wildman–Crippen LogP) is 2.09. The van der Waals surface area contributed by atoms with Crippen molar-refractivity contribution >= 4 is 23.2 Å². The van der Waals surface area contributed by atoms with Crippen LogP contribution in [0.3, 0.4) is 0 Å². The summed E-state index contributed by atoms with van der Waals surface area (Å²) in [5, 5.41) is 43.2. The lowest BCUT2D eigenvalue weighted by atomic mass is 10.1. The first-order chi connectivity index (χ1) is 14.0. The van der Waals surface area contributed by atoms with E-state index in [-0.39, 0.29) is 41.5 Å². The van der Waals surface area contributed by atoms with Gasteiger partial charge in [0.2, 0.25) is 0 Å². The summed E-state index contributed by atoms with van der Waals surface area (Å²) >= 11 is 0. The van der Waals surface area contributed by atoms with Gasteiger partial charge in [0.1, 0.15) is 29.2 Å². The maximum Gasteiger partial charge on any atom is 0.269 e. The molecule has 0 aliphatic carbocycles. The molecule has 0 aliphatic heterocycles. The minimum atomic E-state index is -0.482. The summed E-state index contributed by atoms with van der Waals surface area (Å²) < 4.78 is 3.01. The Morgan fingerprint density at radius 3 is 2.62 bits per heavy atom. The monoisotopic (exact) mass is 389 g/mol. The zero-order chi connectivity index (χ0) is 21.0. The number of non-ortho nitro benzene ring substituents is 1. The fraction of sp³-hybridized carbons (Fsp3) is 0.105. The number of rotatable bonds is 6. The van der Waals surface area contributed by atoms with Gasteiger partial charge in [-0.1, -0.05) is 0 Å². The third kappa shape index (κ3) is 3.69. The van der Waals surface area contributed by atoms with Gasteiger partial charge in [-0.2, -0.15) is 15.6 Å². The van der Waals surface area contributed by atoms with Gasteiger partial charge in [0.15, 0.2) is 0 Å². The van der Waals surface area contributed by atoms with Crippen molar-refractivity contribution in [3.63, 3.8) is 0 Å². The number of anilines is 1. The molecule has 3 rings (SSSR count). The van der Waals surface area contributed by atoms with Crippen molar-refractivity contribution in [3.8, 4) is 17.8 Å². The number of hydrogen-bond acceptors (Lipinski definition) is 7. The molecule has 3 N–H and O–H groups in total. The fourth-order valence-electron chi connectivity index (χ4n) is 2.82. The van der Waals surface area contributed by atoms with Crippen LogP contribution in [0.25, 0.3) is 17.3 Å². The summed E-state index contributed by atoms with van der Waals surface area (Å²) in [5.41, 5.74) is 7.43. The molecule has 29 heavy (non-hydrogen) atoms. The molecule has 0 atom stereocenters. The van der Waals surface area contributed by atoms with Crippen LogP contribution in [0.15, 0.2) is 42.6 Å². The number of nitrogens with zero attached hydrogens (tertiary/aromatic N) is 6. The van der Waals surface area contributed by atoms with Crippen molar-refractivity contribution in [2.75, 3.05) is 12.3 Å². The maximum absolute atomic E-state index is 10.8. The topological polar surface area (TPSA) is 160 Å². The van der Waals surface area contributed by atoms with Crippen molar-refractivity contribution in [1.29, 1.82) is 10.5 Å². The van der Waals surface area contributed by atoms with Crippen LogP contribution in [-0.2, 0) is 6.54 Å². The zero-order valence-corrected chi connectivity index (χ0v) is 15.1. The second-order valence-corrected chi connectivity index (χ2v) is 5.91. The summed E-state index contributed by atoms with van der Waals surface area (Å²) in [7, 11) is 0. The molecular formula is C19H15N7O3. The predicted molar refractivity (Wildman–Crippen MR) is 104 cm³/mol. The Balaban J connectivity index is 2.06. The molecule has 0 saturated heterocycles. The maximum atomic E-state index is 10.8. The molecule has 0 aliphatic rings. The van der Waals surface area contributed by atoms with Gasteiger partial charge in [0.25, 0.3) is 5.69 Å². The van der Waals surface area contributed by atoms with Gasteiger partial charge < -0.3 is 15.4 Å². The van der Waals surface area contributed by atoms with E-state index < -0.39 is 4.92 Å². The molecule has 10 nitrogen and oxygen atoms in total. The number of benzene rings is 1. The molecular weight excluding hydrogens is 374 g/mol. The molecule has 2 heterocycles. The van der Waals surface area contributed by atoms with E-state index in [4.69, 9.17) is 10.8 Å². The van der Waals surface area contributed by atoms with Crippen LogP contribution in [0, 0.1) is 32.8 Å². The number of hydrogen-bond donors (Lipinski definition) is 2. The number of aliphatic hydroxyl groups is 1. The lowest BCUT2D eigenvalue weighted by molar-refractivity contribution is -0.384. The number of nitriles is 2. The summed E-state index contributed by atoms with van der Waals surface area (Å²) in [5.74, 6) is 0.0726. The normalized spacial score (nSPS) is 11.1. The average Bonchev–Trinajstić information content (AvgIpc) is 3.31. The number of allylic oxidation sites excluding steroid dienone is 1. The number of nitro groups is 1. The Kier molecular flexibility index (Phi) is 5.39. The summed E-state index contributed by atoms with van der Waals surface area (Å²) in [6, 6.07) is 13.4. The minimum absolute atomic E-state index is 0.0285. The Bertz CT molecular complexity index is 1170. The molecule has 10 heteroatoms. The lowest BCUT2D eigenvalue weighted by Gasteiger charge is -2.06. The number of aromatic nitrogens is 3. The summed E-state index contributed by atoms with van der Waals surface area (Å²) in [4.78, 5) is 10.4. The van der Waals surface area contributed by atoms with E-state index in [1.807, 2.05) is 12.1 Å². The second kappa shape index (κ2) is 8.08. The largest absolute Gasteiger partial charge is 0.394 e. The number of aliphatic hydroxyl groups excluding tert-OH is 1. The first-order valence-electron chi connectivity index (χ1n) is 8.41. The molecule has 144 valence electrons. The Labute approximate surface area is 165 Å². The molecule has 0 amide bonds. The summed E-state index contributed by atoms with van der Waals surface area (Å²) in [6.45, 7) is -0.122. The van der Waals surface area contributed by atoms with Crippen molar-refractivity contribution < 1.29 is 10.0 Å². The van der Waals surface area contributed by atoms with Crippen LogP contribution in [0.2, 0.25) is 0 Å². The quantitative estimate of drug-likeness (QED) is 0.371. The number of nitro benzene ring substituents is 1. The second-order valence-electron chi connectivity index (χ2n) is 5.91. The van der Waals surface area contributed by atoms with Crippen LogP contribution < -0.4 is 5.73 Å². The van der Waals surface area contributed by atoms with Gasteiger partial charge in [-0.05, 0) is 30.3 Å². The van der Waals surface area contributed by atoms with E-state index >= 15 is 0 Å². The summed E-state index contributed by atoms with van der Waals surface area (Å²) in [6.07, 6.45) is 3.29. The van der Waals surface area contributed by atoms with Crippen molar-refractivity contribution in [2.24, 2.45) is 0 Å². The Morgan fingerprint density at radius 2 is 2.03 bits per heavy atom. The molecule has 1 aromatic carbocycles. The highest BCUT2D eigenvalue weighted by atomic mass is 16.6. The molecule has 3 aromatic rings. The molecule has 0 unspecified atom stereocenters. The van der Waals surface area contributed by atoms with Crippen LogP contribution in [0.1, 0.15) is 17.0 Å². The van der Waals surface area contributed by atoms with Crippen molar-refractivity contribution in [2.45, 2.75) is 6.54 Å². The minimum Gasteiger partial charge on any atom is -0.394 e. The lowest BCUT2D eigenvalue weighted by Crippen LogP contribution is -2.07. The van der Waals surface area contributed by atoms with E-state index in [9.17, 15) is 20.6 Å². The molecule has 0 fully saturated rings. The van der Waals surface area contributed by atoms with Gasteiger partial charge in [-0.3, -0.25) is 10.1 Å². The van der Waals surface area contributed by atoms with E-state index in [1.54, 1.807) is 41.1 Å². The highest BCUT2D eigenvalue weighted by Gasteiger charge is 2.19. The Morgan fingerprint density at radius 1 is 1.31 bits per heavy atom. The molecule has 0 bridgehead atoms. The van der Waals surface area contributed by atoms with E-state index in [0.717, 1.165) is 0 Å². The highest BCUT2D eigenvalue weighted by molar-refractivity contribution is 5.91. The van der Waals surface area contributed by atoms with Gasteiger partial charge in [0.05, 0.1) is 23.6 Å². The van der Waals surface area contributed by atoms with Crippen LogP contribution in [0.5, 0.6) is 0 Å². The molecule has 0 spiro atoms. The van der Waals surface area contributed by atoms with Crippen LogP contribution in [-0.4, -0.2) is 31.0 Å². The van der Waals surface area contributed by atoms with Gasteiger partial charge in [-0.15, -0.1) is 0 Å². The smallest absolute Gasteiger partial charge is 0.269 e. The van der Waals surface area contributed by atoms with E-state index in [1.165, 1.54) is 16.8 Å². The van der Waals surface area contributed by atoms with Crippen LogP contribution in [0.4, 0.5) is 11.5 Å². The molecule has 0 saturated carbocycles. The number of nitrogen functional groups attached to an aromatic ring is 1. The SMILES string of the molecule is N#C/C(=C\c1cccn1-c1ccc([N+](=O)[O-])cc1)c1nn(CCO)c(N)c1C#N. The zero-order valence-electron chi connectivity index (χ0n) is 15.1. The van der Waals surface area contributed by atoms with E-state index in [2.05, 4.69) is 5.10 Å². The first kappa shape index (κ1) is 19.4. The molecule has 0 radical (unpaired) electrons. The molecule has 2 aromatic heterocycles. The van der Waals surface area contributed by atoms with Gasteiger partial charge >= 0.3 is 0 Å². The average molecular weight is 389 g/mol. The Hall–Kier alpha value is -4.41. The highest BCUT2D eigenvalue weighted by Crippen LogP contribution is 2.26. The fourth-order valence-corrected chi connectivity index (χ4v) is 2.82. The van der Waals surface area contributed by atoms with Crippen LogP contribution >= 0.6 is 0 Å².